The van der Waals surface area contributed by atoms with Crippen LogP contribution in [0.25, 0.3) is 10.8 Å². The summed E-state index contributed by atoms with van der Waals surface area (Å²) in [4.78, 5) is 11.9. The van der Waals surface area contributed by atoms with E-state index >= 15 is 0 Å². The van der Waals surface area contributed by atoms with E-state index in [4.69, 9.17) is 21.1 Å². The molecular formula is C20H18ClNO3. The van der Waals surface area contributed by atoms with E-state index in [1.54, 1.807) is 13.2 Å². The molecule has 1 N–H and O–H groups in total. The maximum Gasteiger partial charge on any atom is 0.258 e. The number of amides is 1. The Bertz CT molecular complexity index is 895. The summed E-state index contributed by atoms with van der Waals surface area (Å²) in [7, 11) is 1.63. The summed E-state index contributed by atoms with van der Waals surface area (Å²) in [6.45, 7) is 0.369. The highest BCUT2D eigenvalue weighted by Crippen LogP contribution is 2.24. The fraction of sp³-hybridized carbons (Fsp3) is 0.150. The minimum Gasteiger partial charge on any atom is -0.497 e. The molecule has 0 aliphatic rings. The Hall–Kier alpha value is -2.72. The van der Waals surface area contributed by atoms with Gasteiger partial charge in [-0.15, -0.1) is 0 Å². The topological polar surface area (TPSA) is 47.6 Å². The molecule has 0 saturated carbocycles. The van der Waals surface area contributed by atoms with Crippen molar-refractivity contribution in [3.05, 3.63) is 71.2 Å². The first kappa shape index (κ1) is 17.1. The third kappa shape index (κ3) is 4.64. The lowest BCUT2D eigenvalue weighted by molar-refractivity contribution is -0.123. The number of hydrogen-bond donors (Lipinski definition) is 1. The first-order valence-corrected chi connectivity index (χ1v) is 8.23. The highest BCUT2D eigenvalue weighted by atomic mass is 35.5. The molecule has 0 radical (unpaired) electrons. The Labute approximate surface area is 151 Å². The Morgan fingerprint density at radius 1 is 1.00 bits per heavy atom. The van der Waals surface area contributed by atoms with Gasteiger partial charge in [0.05, 0.1) is 7.11 Å². The number of ether oxygens (including phenoxy) is 2. The third-order valence-corrected chi connectivity index (χ3v) is 4.00. The fourth-order valence-corrected chi connectivity index (χ4v) is 2.68. The van der Waals surface area contributed by atoms with Crippen molar-refractivity contribution in [1.82, 2.24) is 5.32 Å². The highest BCUT2D eigenvalue weighted by molar-refractivity contribution is 6.30. The molecule has 3 rings (SSSR count). The number of rotatable bonds is 6. The summed E-state index contributed by atoms with van der Waals surface area (Å²) >= 11 is 5.92. The number of halogens is 1. The fourth-order valence-electron chi connectivity index (χ4n) is 2.47. The van der Waals surface area contributed by atoms with Crippen molar-refractivity contribution in [1.29, 1.82) is 0 Å². The van der Waals surface area contributed by atoms with Crippen LogP contribution in [0.1, 0.15) is 5.56 Å². The Morgan fingerprint density at radius 2 is 1.76 bits per heavy atom. The molecule has 5 heteroatoms. The SMILES string of the molecule is COc1ccc2ccc(OCC(=O)NCc3cccc(Cl)c3)cc2c1. The van der Waals surface area contributed by atoms with Crippen LogP contribution in [-0.4, -0.2) is 19.6 Å². The quantitative estimate of drug-likeness (QED) is 0.721. The van der Waals surface area contributed by atoms with Crippen LogP contribution in [0.3, 0.4) is 0 Å². The normalized spacial score (nSPS) is 10.5. The summed E-state index contributed by atoms with van der Waals surface area (Å²) in [5, 5.41) is 5.54. The summed E-state index contributed by atoms with van der Waals surface area (Å²) < 4.78 is 10.8. The summed E-state index contributed by atoms with van der Waals surface area (Å²) in [6, 6.07) is 18.9. The van der Waals surface area contributed by atoms with E-state index in [0.717, 1.165) is 22.1 Å². The van der Waals surface area contributed by atoms with Gasteiger partial charge in [0.2, 0.25) is 0 Å². The molecule has 0 fully saturated rings. The van der Waals surface area contributed by atoms with Crippen LogP contribution in [0.15, 0.2) is 60.7 Å². The van der Waals surface area contributed by atoms with Crippen molar-refractivity contribution in [3.8, 4) is 11.5 Å². The highest BCUT2D eigenvalue weighted by Gasteiger charge is 2.05. The van der Waals surface area contributed by atoms with Crippen molar-refractivity contribution < 1.29 is 14.3 Å². The lowest BCUT2D eigenvalue weighted by atomic mass is 10.1. The number of nitrogens with one attached hydrogen (secondary N) is 1. The molecular weight excluding hydrogens is 338 g/mol. The van der Waals surface area contributed by atoms with Crippen LogP contribution < -0.4 is 14.8 Å². The molecule has 1 amide bonds. The monoisotopic (exact) mass is 355 g/mol. The minimum atomic E-state index is -0.189. The van der Waals surface area contributed by atoms with Gasteiger partial charge in [-0.2, -0.15) is 0 Å². The molecule has 4 nitrogen and oxygen atoms in total. The molecule has 0 bridgehead atoms. The molecule has 3 aromatic carbocycles. The maximum absolute atomic E-state index is 11.9. The van der Waals surface area contributed by atoms with E-state index < -0.39 is 0 Å². The van der Waals surface area contributed by atoms with E-state index in [1.807, 2.05) is 54.6 Å². The van der Waals surface area contributed by atoms with Gasteiger partial charge in [-0.3, -0.25) is 4.79 Å². The standard InChI is InChI=1S/C20H18ClNO3/c1-24-18-7-5-15-6-8-19(11-16(15)10-18)25-13-20(23)22-12-14-3-2-4-17(21)9-14/h2-11H,12-13H2,1H3,(H,22,23). The summed E-state index contributed by atoms with van der Waals surface area (Å²) in [5.74, 6) is 1.23. The van der Waals surface area contributed by atoms with Gasteiger partial charge in [0.25, 0.3) is 5.91 Å². The molecule has 3 aromatic rings. The molecule has 0 atom stereocenters. The Balaban J connectivity index is 1.57. The molecule has 0 unspecified atom stereocenters. The van der Waals surface area contributed by atoms with Crippen LogP contribution in [0.5, 0.6) is 11.5 Å². The van der Waals surface area contributed by atoms with Crippen LogP contribution >= 0.6 is 11.6 Å². The van der Waals surface area contributed by atoms with E-state index in [2.05, 4.69) is 5.32 Å². The first-order valence-electron chi connectivity index (χ1n) is 7.86. The number of carbonyl (C=O) groups is 1. The summed E-state index contributed by atoms with van der Waals surface area (Å²) in [6.07, 6.45) is 0. The van der Waals surface area contributed by atoms with Crippen LogP contribution in [0.2, 0.25) is 5.02 Å². The number of benzene rings is 3. The average molecular weight is 356 g/mol. The van der Waals surface area contributed by atoms with E-state index in [9.17, 15) is 4.79 Å². The van der Waals surface area contributed by atoms with Gasteiger partial charge in [-0.05, 0) is 52.7 Å². The van der Waals surface area contributed by atoms with Crippen molar-refractivity contribution in [2.24, 2.45) is 0 Å². The zero-order valence-electron chi connectivity index (χ0n) is 13.8. The zero-order chi connectivity index (χ0) is 17.6. The molecule has 25 heavy (non-hydrogen) atoms. The van der Waals surface area contributed by atoms with Crippen molar-refractivity contribution in [3.63, 3.8) is 0 Å². The molecule has 0 aliphatic carbocycles. The van der Waals surface area contributed by atoms with Gasteiger partial charge in [-0.25, -0.2) is 0 Å². The van der Waals surface area contributed by atoms with E-state index in [0.29, 0.717) is 17.3 Å². The molecule has 0 spiro atoms. The van der Waals surface area contributed by atoms with Gasteiger partial charge in [0.1, 0.15) is 11.5 Å². The van der Waals surface area contributed by atoms with Crippen molar-refractivity contribution in [2.45, 2.75) is 6.54 Å². The lowest BCUT2D eigenvalue weighted by Gasteiger charge is -2.09. The second-order valence-corrected chi connectivity index (χ2v) is 6.01. The van der Waals surface area contributed by atoms with Gasteiger partial charge in [-0.1, -0.05) is 35.9 Å². The molecule has 0 saturated heterocycles. The predicted molar refractivity (Wildman–Crippen MR) is 99.3 cm³/mol. The third-order valence-electron chi connectivity index (χ3n) is 3.77. The zero-order valence-corrected chi connectivity index (χ0v) is 14.5. The van der Waals surface area contributed by atoms with Crippen LogP contribution in [-0.2, 0) is 11.3 Å². The molecule has 0 aromatic heterocycles. The van der Waals surface area contributed by atoms with E-state index in [1.165, 1.54) is 0 Å². The first-order chi connectivity index (χ1) is 12.1. The Morgan fingerprint density at radius 3 is 2.52 bits per heavy atom. The smallest absolute Gasteiger partial charge is 0.258 e. The number of hydrogen-bond acceptors (Lipinski definition) is 3. The predicted octanol–water partition coefficient (Wildman–Crippen LogP) is 4.20. The summed E-state index contributed by atoms with van der Waals surface area (Å²) in [5.41, 5.74) is 0.943. The second-order valence-electron chi connectivity index (χ2n) is 5.57. The molecule has 128 valence electrons. The Kier molecular flexibility index (Phi) is 5.41. The molecule has 0 aliphatic heterocycles. The van der Waals surface area contributed by atoms with E-state index in [-0.39, 0.29) is 12.5 Å². The van der Waals surface area contributed by atoms with Gasteiger partial charge in [0, 0.05) is 11.6 Å². The average Bonchev–Trinajstić information content (AvgIpc) is 2.64. The number of methoxy groups -OCH3 is 1. The van der Waals surface area contributed by atoms with Gasteiger partial charge in [0.15, 0.2) is 6.61 Å². The lowest BCUT2D eigenvalue weighted by Crippen LogP contribution is -2.28. The van der Waals surface area contributed by atoms with Crippen LogP contribution in [0, 0.1) is 0 Å². The van der Waals surface area contributed by atoms with Crippen molar-refractivity contribution >= 4 is 28.3 Å². The van der Waals surface area contributed by atoms with Crippen LogP contribution in [0.4, 0.5) is 0 Å². The largest absolute Gasteiger partial charge is 0.497 e. The van der Waals surface area contributed by atoms with Gasteiger partial charge < -0.3 is 14.8 Å². The number of fused-ring (bicyclic) bond motifs is 1. The number of carbonyl (C=O) groups excluding carboxylic acids is 1. The second kappa shape index (κ2) is 7.90. The minimum absolute atomic E-state index is 0.0456. The van der Waals surface area contributed by atoms with Gasteiger partial charge >= 0.3 is 0 Å². The maximum atomic E-state index is 11.9. The molecule has 0 heterocycles. The van der Waals surface area contributed by atoms with Crippen molar-refractivity contribution in [2.75, 3.05) is 13.7 Å².